The molecule has 3 N–H and O–H groups in total. The molecule has 0 unspecified atom stereocenters. The molecule has 0 atom stereocenters. The number of fused-ring (bicyclic) bond motifs is 1. The topological polar surface area (TPSA) is 75.4 Å². The number of para-hydroxylation sites is 1. The number of hydrogen-bond acceptors (Lipinski definition) is 4. The van der Waals surface area contributed by atoms with Gasteiger partial charge in [-0.3, -0.25) is 9.59 Å². The van der Waals surface area contributed by atoms with Gasteiger partial charge in [0.05, 0.1) is 11.4 Å². The number of nitrogens with two attached hydrogens (primary N) is 1. The van der Waals surface area contributed by atoms with Gasteiger partial charge < -0.3 is 16.0 Å². The Labute approximate surface area is 122 Å². The largest absolute Gasteiger partial charge is 0.348 e. The lowest BCUT2D eigenvalue weighted by Crippen LogP contribution is -2.53. The van der Waals surface area contributed by atoms with Gasteiger partial charge >= 0.3 is 0 Å². The zero-order chi connectivity index (χ0) is 14.8. The molecule has 5 nitrogen and oxygen atoms in total. The quantitative estimate of drug-likeness (QED) is 0.867. The summed E-state index contributed by atoms with van der Waals surface area (Å²) in [6.07, 6.45) is 0. The minimum absolute atomic E-state index is 0.0276. The van der Waals surface area contributed by atoms with E-state index in [2.05, 4.69) is 5.32 Å². The number of nitrogens with one attached hydrogen (secondary N) is 1. The fraction of sp³-hybridized carbons (Fsp3) is 0.429. The van der Waals surface area contributed by atoms with Gasteiger partial charge in [-0.2, -0.15) is 0 Å². The molecule has 1 heterocycles. The monoisotopic (exact) mass is 293 g/mol. The normalized spacial score (nSPS) is 14.9. The molecule has 0 saturated carbocycles. The van der Waals surface area contributed by atoms with Gasteiger partial charge in [-0.05, 0) is 26.0 Å². The summed E-state index contributed by atoms with van der Waals surface area (Å²) in [7, 11) is 0. The number of carbonyl (C=O) groups is 2. The molecule has 0 aromatic heterocycles. The van der Waals surface area contributed by atoms with Crippen molar-refractivity contribution in [1.29, 1.82) is 0 Å². The maximum Gasteiger partial charge on any atom is 0.240 e. The number of amides is 2. The second-order valence-electron chi connectivity index (χ2n) is 5.37. The Morgan fingerprint density at radius 2 is 2.15 bits per heavy atom. The van der Waals surface area contributed by atoms with E-state index in [4.69, 9.17) is 5.73 Å². The Bertz CT molecular complexity index is 531. The molecular weight excluding hydrogens is 274 g/mol. The Morgan fingerprint density at radius 3 is 2.85 bits per heavy atom. The lowest BCUT2D eigenvalue weighted by Gasteiger charge is -2.30. The Morgan fingerprint density at radius 1 is 1.45 bits per heavy atom. The number of carbonyl (C=O) groups excluding carboxylic acids is 2. The molecule has 2 rings (SSSR count). The van der Waals surface area contributed by atoms with Crippen LogP contribution in [0.5, 0.6) is 0 Å². The highest BCUT2D eigenvalue weighted by atomic mass is 32.2. The first kappa shape index (κ1) is 14.9. The lowest BCUT2D eigenvalue weighted by atomic mass is 10.1. The average Bonchev–Trinajstić information content (AvgIpc) is 2.41. The third-order valence-corrected chi connectivity index (χ3v) is 4.15. The van der Waals surface area contributed by atoms with Crippen LogP contribution in [-0.4, -0.2) is 36.2 Å². The van der Waals surface area contributed by atoms with E-state index in [-0.39, 0.29) is 18.4 Å². The third kappa shape index (κ3) is 3.32. The first-order valence-electron chi connectivity index (χ1n) is 6.46. The summed E-state index contributed by atoms with van der Waals surface area (Å²) in [6.45, 7) is 4.08. The molecular formula is C14H19N3O2S. The van der Waals surface area contributed by atoms with Crippen LogP contribution in [0.3, 0.4) is 0 Å². The van der Waals surface area contributed by atoms with Crippen molar-refractivity contribution in [2.45, 2.75) is 24.3 Å². The van der Waals surface area contributed by atoms with Crippen LogP contribution in [0.1, 0.15) is 13.8 Å². The number of rotatable bonds is 4. The molecule has 108 valence electrons. The smallest absolute Gasteiger partial charge is 0.240 e. The van der Waals surface area contributed by atoms with E-state index in [1.54, 1.807) is 0 Å². The number of anilines is 1. The summed E-state index contributed by atoms with van der Waals surface area (Å²) in [6, 6.07) is 7.62. The molecule has 1 aromatic carbocycles. The number of hydrogen-bond donors (Lipinski definition) is 2. The SMILES string of the molecule is CC(C)(CN)NC(=O)CN1C(=O)CSc2ccccc21. The predicted molar refractivity (Wildman–Crippen MR) is 80.8 cm³/mol. The average molecular weight is 293 g/mol. The Hall–Kier alpha value is -1.53. The van der Waals surface area contributed by atoms with Gasteiger partial charge in [0.25, 0.3) is 0 Å². The summed E-state index contributed by atoms with van der Waals surface area (Å²) in [5.41, 5.74) is 5.93. The van der Waals surface area contributed by atoms with Crippen molar-refractivity contribution in [3.05, 3.63) is 24.3 Å². The Balaban J connectivity index is 2.13. The highest BCUT2D eigenvalue weighted by Gasteiger charge is 2.27. The first-order chi connectivity index (χ1) is 9.43. The summed E-state index contributed by atoms with van der Waals surface area (Å²) in [5, 5.41) is 2.84. The minimum Gasteiger partial charge on any atom is -0.348 e. The fourth-order valence-electron chi connectivity index (χ4n) is 1.94. The van der Waals surface area contributed by atoms with Crippen LogP contribution in [-0.2, 0) is 9.59 Å². The van der Waals surface area contributed by atoms with E-state index in [1.165, 1.54) is 16.7 Å². The van der Waals surface area contributed by atoms with Gasteiger partial charge in [0.15, 0.2) is 0 Å². The molecule has 20 heavy (non-hydrogen) atoms. The van der Waals surface area contributed by atoms with Gasteiger partial charge in [-0.25, -0.2) is 0 Å². The van der Waals surface area contributed by atoms with E-state index in [0.29, 0.717) is 12.3 Å². The van der Waals surface area contributed by atoms with Crippen molar-refractivity contribution in [2.75, 3.05) is 23.7 Å². The molecule has 2 amide bonds. The van der Waals surface area contributed by atoms with Crippen molar-refractivity contribution in [3.63, 3.8) is 0 Å². The Kier molecular flexibility index (Phi) is 4.35. The number of benzene rings is 1. The minimum atomic E-state index is -0.468. The number of nitrogens with zero attached hydrogens (tertiary/aromatic N) is 1. The highest BCUT2D eigenvalue weighted by Crippen LogP contribution is 2.34. The zero-order valence-corrected chi connectivity index (χ0v) is 12.5. The molecule has 0 bridgehead atoms. The van der Waals surface area contributed by atoms with Crippen LogP contribution >= 0.6 is 11.8 Å². The van der Waals surface area contributed by atoms with E-state index >= 15 is 0 Å². The van der Waals surface area contributed by atoms with Gasteiger partial charge in [0.2, 0.25) is 11.8 Å². The van der Waals surface area contributed by atoms with Crippen LogP contribution in [0.4, 0.5) is 5.69 Å². The van der Waals surface area contributed by atoms with Crippen molar-refractivity contribution in [3.8, 4) is 0 Å². The fourth-order valence-corrected chi connectivity index (χ4v) is 2.87. The predicted octanol–water partition coefficient (Wildman–Crippen LogP) is 0.979. The molecule has 0 fully saturated rings. The summed E-state index contributed by atoms with van der Waals surface area (Å²) >= 11 is 1.50. The van der Waals surface area contributed by atoms with E-state index in [0.717, 1.165) is 10.6 Å². The highest BCUT2D eigenvalue weighted by molar-refractivity contribution is 8.00. The van der Waals surface area contributed by atoms with Crippen molar-refractivity contribution >= 4 is 29.3 Å². The lowest BCUT2D eigenvalue weighted by molar-refractivity contribution is -0.124. The molecule has 1 aromatic rings. The van der Waals surface area contributed by atoms with Crippen LogP contribution in [0, 0.1) is 0 Å². The molecule has 6 heteroatoms. The van der Waals surface area contributed by atoms with Crippen LogP contribution in [0.25, 0.3) is 0 Å². The second kappa shape index (κ2) is 5.85. The third-order valence-electron chi connectivity index (χ3n) is 3.10. The molecule has 0 spiro atoms. The van der Waals surface area contributed by atoms with Crippen molar-refractivity contribution in [2.24, 2.45) is 5.73 Å². The van der Waals surface area contributed by atoms with Crippen LogP contribution in [0.15, 0.2) is 29.2 Å². The summed E-state index contributed by atoms with van der Waals surface area (Å²) in [5.74, 6) is 0.120. The molecule has 0 radical (unpaired) electrons. The number of thioether (sulfide) groups is 1. The maximum atomic E-state index is 12.1. The van der Waals surface area contributed by atoms with Crippen LogP contribution < -0.4 is 16.0 Å². The van der Waals surface area contributed by atoms with Gasteiger partial charge in [-0.1, -0.05) is 12.1 Å². The second-order valence-corrected chi connectivity index (χ2v) is 6.39. The van der Waals surface area contributed by atoms with Gasteiger partial charge in [-0.15, -0.1) is 11.8 Å². The molecule has 0 aliphatic carbocycles. The van der Waals surface area contributed by atoms with Gasteiger partial charge in [0, 0.05) is 17.0 Å². The van der Waals surface area contributed by atoms with Gasteiger partial charge in [0.1, 0.15) is 6.54 Å². The summed E-state index contributed by atoms with van der Waals surface area (Å²) < 4.78 is 0. The molecule has 1 aliphatic heterocycles. The summed E-state index contributed by atoms with van der Waals surface area (Å²) in [4.78, 5) is 26.7. The van der Waals surface area contributed by atoms with E-state index in [9.17, 15) is 9.59 Å². The van der Waals surface area contributed by atoms with Crippen molar-refractivity contribution in [1.82, 2.24) is 5.32 Å². The standard InChI is InChI=1S/C14H19N3O2S/c1-14(2,9-15)16-12(18)7-17-10-5-3-4-6-11(10)20-8-13(17)19/h3-6H,7-9,15H2,1-2H3,(H,16,18). The first-order valence-corrected chi connectivity index (χ1v) is 7.45. The molecule has 1 aliphatic rings. The van der Waals surface area contributed by atoms with E-state index in [1.807, 2.05) is 38.1 Å². The molecule has 0 saturated heterocycles. The van der Waals surface area contributed by atoms with Crippen molar-refractivity contribution < 1.29 is 9.59 Å². The van der Waals surface area contributed by atoms with Crippen LogP contribution in [0.2, 0.25) is 0 Å². The van der Waals surface area contributed by atoms with E-state index < -0.39 is 5.54 Å². The maximum absolute atomic E-state index is 12.1. The zero-order valence-electron chi connectivity index (χ0n) is 11.7.